The molecule has 0 unspecified atom stereocenters. The highest BCUT2D eigenvalue weighted by Crippen LogP contribution is 2.11. The Hall–Kier alpha value is -1.40. The van der Waals surface area contributed by atoms with E-state index in [0.717, 1.165) is 38.2 Å². The first kappa shape index (κ1) is 16.0. The van der Waals surface area contributed by atoms with Crippen LogP contribution in [0, 0.1) is 6.92 Å². The molecule has 2 heterocycles. The summed E-state index contributed by atoms with van der Waals surface area (Å²) in [5, 5.41) is 7.37. The van der Waals surface area contributed by atoms with Crippen LogP contribution in [-0.4, -0.2) is 53.4 Å². The summed E-state index contributed by atoms with van der Waals surface area (Å²) in [4.78, 5) is 13.9. The fourth-order valence-electron chi connectivity index (χ4n) is 2.56. The highest BCUT2D eigenvalue weighted by Gasteiger charge is 2.17. The summed E-state index contributed by atoms with van der Waals surface area (Å²) in [7, 11) is 1.95. The average molecular weight is 294 g/mol. The molecule has 6 heteroatoms. The third-order valence-electron chi connectivity index (χ3n) is 3.78. The monoisotopic (exact) mass is 294 g/mol. The van der Waals surface area contributed by atoms with Crippen LogP contribution in [0.3, 0.4) is 0 Å². The highest BCUT2D eigenvalue weighted by atomic mass is 16.5. The number of aryl methyl sites for hydroxylation is 2. The molecule has 0 spiro atoms. The Morgan fingerprint density at radius 1 is 1.62 bits per heavy atom. The van der Waals surface area contributed by atoms with Crippen molar-refractivity contribution in [2.45, 2.75) is 45.9 Å². The van der Waals surface area contributed by atoms with Gasteiger partial charge in [0.05, 0.1) is 18.3 Å². The quantitative estimate of drug-likeness (QED) is 0.813. The highest BCUT2D eigenvalue weighted by molar-refractivity contribution is 5.78. The standard InChI is InChI=1S/C15H26N4O2/c1-4-19-10-13(12(2)17-19)9-18(3)11-15(20)16-8-14-6-5-7-21-14/h10,14H,4-9,11H2,1-3H3,(H,16,20)/t14-/m1/s1. The Balaban J connectivity index is 1.73. The van der Waals surface area contributed by atoms with Crippen LogP contribution >= 0.6 is 0 Å². The fourth-order valence-corrected chi connectivity index (χ4v) is 2.56. The summed E-state index contributed by atoms with van der Waals surface area (Å²) in [6.07, 6.45) is 4.40. The number of hydrogen-bond donors (Lipinski definition) is 1. The molecule has 1 aromatic rings. The van der Waals surface area contributed by atoms with Gasteiger partial charge in [-0.05, 0) is 33.7 Å². The van der Waals surface area contributed by atoms with E-state index in [-0.39, 0.29) is 12.0 Å². The summed E-state index contributed by atoms with van der Waals surface area (Å²) in [5.74, 6) is 0.0496. The Morgan fingerprint density at radius 2 is 2.43 bits per heavy atom. The molecule has 1 amide bonds. The molecule has 2 rings (SSSR count). The van der Waals surface area contributed by atoms with Crippen molar-refractivity contribution in [2.24, 2.45) is 0 Å². The van der Waals surface area contributed by atoms with E-state index in [4.69, 9.17) is 4.74 Å². The first-order valence-electron chi connectivity index (χ1n) is 7.68. The molecule has 118 valence electrons. The van der Waals surface area contributed by atoms with Gasteiger partial charge in [0.1, 0.15) is 0 Å². The van der Waals surface area contributed by atoms with Gasteiger partial charge in [0.2, 0.25) is 5.91 Å². The van der Waals surface area contributed by atoms with Crippen LogP contribution in [0.5, 0.6) is 0 Å². The predicted octanol–water partition coefficient (Wildman–Crippen LogP) is 0.938. The number of carbonyl (C=O) groups is 1. The van der Waals surface area contributed by atoms with E-state index in [1.54, 1.807) is 0 Å². The third kappa shape index (κ3) is 4.82. The van der Waals surface area contributed by atoms with Crippen LogP contribution in [0.25, 0.3) is 0 Å². The molecule has 21 heavy (non-hydrogen) atoms. The molecule has 0 aliphatic carbocycles. The fraction of sp³-hybridized carbons (Fsp3) is 0.733. The van der Waals surface area contributed by atoms with Crippen LogP contribution in [0.1, 0.15) is 31.0 Å². The maximum absolute atomic E-state index is 11.9. The van der Waals surface area contributed by atoms with Gasteiger partial charge in [-0.25, -0.2) is 0 Å². The molecule has 0 bridgehead atoms. The maximum Gasteiger partial charge on any atom is 0.234 e. The van der Waals surface area contributed by atoms with E-state index in [2.05, 4.69) is 23.5 Å². The molecule has 1 aliphatic rings. The minimum Gasteiger partial charge on any atom is -0.376 e. The van der Waals surface area contributed by atoms with Crippen molar-refractivity contribution in [1.82, 2.24) is 20.0 Å². The minimum atomic E-state index is 0.0496. The van der Waals surface area contributed by atoms with Crippen molar-refractivity contribution in [2.75, 3.05) is 26.7 Å². The normalized spacial score (nSPS) is 18.4. The van der Waals surface area contributed by atoms with Crippen LogP contribution in [0.2, 0.25) is 0 Å². The lowest BCUT2D eigenvalue weighted by atomic mass is 10.2. The second-order valence-electron chi connectivity index (χ2n) is 5.71. The van der Waals surface area contributed by atoms with E-state index in [9.17, 15) is 4.79 Å². The number of nitrogens with one attached hydrogen (secondary N) is 1. The SMILES string of the molecule is CCn1cc(CN(C)CC(=O)NC[C@H]2CCCO2)c(C)n1. The van der Waals surface area contributed by atoms with Gasteiger partial charge in [0, 0.05) is 38.0 Å². The number of rotatable bonds is 7. The molecule has 0 radical (unpaired) electrons. The lowest BCUT2D eigenvalue weighted by Crippen LogP contribution is -2.38. The number of nitrogens with zero attached hydrogens (tertiary/aromatic N) is 3. The topological polar surface area (TPSA) is 59.4 Å². The Morgan fingerprint density at radius 3 is 3.05 bits per heavy atom. The molecule has 1 aliphatic heterocycles. The van der Waals surface area contributed by atoms with Crippen LogP contribution in [0.4, 0.5) is 0 Å². The largest absolute Gasteiger partial charge is 0.376 e. The first-order valence-corrected chi connectivity index (χ1v) is 7.68. The molecular weight excluding hydrogens is 268 g/mol. The van der Waals surface area contributed by atoms with Gasteiger partial charge in [-0.1, -0.05) is 0 Å². The van der Waals surface area contributed by atoms with E-state index >= 15 is 0 Å². The molecule has 1 saturated heterocycles. The van der Waals surface area contributed by atoms with Crippen molar-refractivity contribution >= 4 is 5.91 Å². The van der Waals surface area contributed by atoms with Crippen molar-refractivity contribution in [3.8, 4) is 0 Å². The lowest BCUT2D eigenvalue weighted by molar-refractivity contribution is -0.122. The number of aromatic nitrogens is 2. The molecule has 1 fully saturated rings. The second kappa shape index (κ2) is 7.56. The Bertz CT molecular complexity index is 466. The summed E-state index contributed by atoms with van der Waals surface area (Å²) in [5.41, 5.74) is 2.20. The average Bonchev–Trinajstić information content (AvgIpc) is 3.07. The Labute approximate surface area is 126 Å². The third-order valence-corrected chi connectivity index (χ3v) is 3.78. The lowest BCUT2D eigenvalue weighted by Gasteiger charge is -2.17. The van der Waals surface area contributed by atoms with Gasteiger partial charge in [-0.15, -0.1) is 0 Å². The van der Waals surface area contributed by atoms with E-state index < -0.39 is 0 Å². The van der Waals surface area contributed by atoms with E-state index in [1.807, 2.05) is 23.6 Å². The number of hydrogen-bond acceptors (Lipinski definition) is 4. The zero-order valence-corrected chi connectivity index (χ0v) is 13.3. The zero-order valence-electron chi connectivity index (χ0n) is 13.3. The van der Waals surface area contributed by atoms with Gasteiger partial charge in [0.25, 0.3) is 0 Å². The number of carbonyl (C=O) groups excluding carboxylic acids is 1. The second-order valence-corrected chi connectivity index (χ2v) is 5.71. The molecule has 1 N–H and O–H groups in total. The summed E-state index contributed by atoms with van der Waals surface area (Å²) in [6, 6.07) is 0. The Kier molecular flexibility index (Phi) is 5.76. The van der Waals surface area contributed by atoms with Crippen LogP contribution < -0.4 is 5.32 Å². The minimum absolute atomic E-state index is 0.0496. The molecule has 0 aromatic carbocycles. The van der Waals surface area contributed by atoms with E-state index in [1.165, 1.54) is 5.56 Å². The summed E-state index contributed by atoms with van der Waals surface area (Å²) < 4.78 is 7.42. The van der Waals surface area contributed by atoms with Gasteiger partial charge in [-0.3, -0.25) is 14.4 Å². The maximum atomic E-state index is 11.9. The van der Waals surface area contributed by atoms with Gasteiger partial charge >= 0.3 is 0 Å². The van der Waals surface area contributed by atoms with Gasteiger partial charge in [0.15, 0.2) is 0 Å². The molecule has 1 aromatic heterocycles. The summed E-state index contributed by atoms with van der Waals surface area (Å²) >= 11 is 0. The zero-order chi connectivity index (χ0) is 15.2. The molecule has 6 nitrogen and oxygen atoms in total. The summed E-state index contributed by atoms with van der Waals surface area (Å²) in [6.45, 7) is 7.51. The number of amides is 1. The van der Waals surface area contributed by atoms with Crippen molar-refractivity contribution in [3.63, 3.8) is 0 Å². The van der Waals surface area contributed by atoms with Gasteiger partial charge in [-0.2, -0.15) is 5.10 Å². The molecule has 1 atom stereocenters. The smallest absolute Gasteiger partial charge is 0.234 e. The number of likely N-dealkylation sites (N-methyl/N-ethyl adjacent to an activating group) is 1. The van der Waals surface area contributed by atoms with Crippen molar-refractivity contribution < 1.29 is 9.53 Å². The predicted molar refractivity (Wildman–Crippen MR) is 81.0 cm³/mol. The van der Waals surface area contributed by atoms with E-state index in [0.29, 0.717) is 13.1 Å². The van der Waals surface area contributed by atoms with Crippen molar-refractivity contribution in [3.05, 3.63) is 17.5 Å². The first-order chi connectivity index (χ1) is 10.1. The molecular formula is C15H26N4O2. The molecule has 0 saturated carbocycles. The van der Waals surface area contributed by atoms with Crippen LogP contribution in [0.15, 0.2) is 6.20 Å². The number of ether oxygens (including phenoxy) is 1. The van der Waals surface area contributed by atoms with Crippen molar-refractivity contribution in [1.29, 1.82) is 0 Å². The van der Waals surface area contributed by atoms with Gasteiger partial charge < -0.3 is 10.1 Å². The van der Waals surface area contributed by atoms with Crippen LogP contribution in [-0.2, 0) is 22.6 Å².